The van der Waals surface area contributed by atoms with Crippen LogP contribution in [0.2, 0.25) is 10.0 Å². The van der Waals surface area contributed by atoms with E-state index >= 15 is 0 Å². The van der Waals surface area contributed by atoms with E-state index in [1.807, 2.05) is 48.5 Å². The van der Waals surface area contributed by atoms with E-state index in [1.54, 1.807) is 18.2 Å². The molecule has 0 aliphatic heterocycles. The second kappa shape index (κ2) is 7.55. The van der Waals surface area contributed by atoms with E-state index in [1.165, 1.54) is 0 Å². The summed E-state index contributed by atoms with van der Waals surface area (Å²) in [6.45, 7) is 0. The monoisotopic (exact) mass is 394 g/mol. The number of ketones is 1. The summed E-state index contributed by atoms with van der Waals surface area (Å²) >= 11 is 12.5. The molecule has 0 aliphatic carbocycles. The lowest BCUT2D eigenvalue weighted by Gasteiger charge is -2.02. The highest BCUT2D eigenvalue weighted by Gasteiger charge is 2.14. The lowest BCUT2D eigenvalue weighted by Crippen LogP contribution is -2.01. The van der Waals surface area contributed by atoms with Gasteiger partial charge < -0.3 is 4.98 Å². The van der Waals surface area contributed by atoms with Crippen LogP contribution < -0.4 is 0 Å². The number of imidazole rings is 1. The molecule has 1 aromatic heterocycles. The number of rotatable bonds is 5. The van der Waals surface area contributed by atoms with Gasteiger partial charge in [0.15, 0.2) is 5.78 Å². The van der Waals surface area contributed by atoms with Crippen LogP contribution in [0.25, 0.3) is 22.4 Å². The Bertz CT molecular complexity index is 1100. The summed E-state index contributed by atoms with van der Waals surface area (Å²) in [5.41, 5.74) is 4.03. The number of aromatic amines is 1. The zero-order chi connectivity index (χ0) is 18.8. The van der Waals surface area contributed by atoms with Crippen molar-refractivity contribution in [1.82, 2.24) is 9.97 Å². The Hall–Kier alpha value is -2.62. The Morgan fingerprint density at radius 3 is 2.41 bits per heavy atom. The van der Waals surface area contributed by atoms with Crippen LogP contribution >= 0.6 is 23.2 Å². The van der Waals surface area contributed by atoms with E-state index in [4.69, 9.17) is 23.2 Å². The minimum Gasteiger partial charge on any atom is -0.338 e. The molecular weight excluding hydrogens is 379 g/mol. The van der Waals surface area contributed by atoms with Crippen LogP contribution in [0.1, 0.15) is 22.3 Å². The van der Waals surface area contributed by atoms with Crippen molar-refractivity contribution in [2.24, 2.45) is 0 Å². The van der Waals surface area contributed by atoms with E-state index < -0.39 is 0 Å². The maximum atomic E-state index is 12.6. The molecule has 4 aromatic rings. The molecule has 0 saturated carbocycles. The molecule has 1 heterocycles. The highest BCUT2D eigenvalue weighted by atomic mass is 35.5. The molecule has 0 fully saturated rings. The lowest BCUT2D eigenvalue weighted by molar-refractivity contribution is 0.0983. The van der Waals surface area contributed by atoms with Crippen molar-refractivity contribution in [3.63, 3.8) is 0 Å². The van der Waals surface area contributed by atoms with E-state index in [9.17, 15) is 4.79 Å². The first-order valence-corrected chi connectivity index (χ1v) is 9.39. The zero-order valence-electron chi connectivity index (χ0n) is 14.4. The number of Topliss-reactive ketones (excluding diaryl/α,β-unsaturated/α-hetero) is 1. The van der Waals surface area contributed by atoms with Crippen molar-refractivity contribution >= 4 is 40.0 Å². The first-order chi connectivity index (χ1) is 13.1. The van der Waals surface area contributed by atoms with Gasteiger partial charge in [-0.1, -0.05) is 59.6 Å². The predicted molar refractivity (Wildman–Crippen MR) is 111 cm³/mol. The molecule has 5 heteroatoms. The third-order valence-electron chi connectivity index (χ3n) is 4.49. The summed E-state index contributed by atoms with van der Waals surface area (Å²) in [4.78, 5) is 20.4. The molecule has 0 aliphatic rings. The summed E-state index contributed by atoms with van der Waals surface area (Å²) in [6.07, 6.45) is 1.19. The Labute approximate surface area is 167 Å². The number of fused-ring (bicyclic) bond motifs is 1. The maximum Gasteiger partial charge on any atom is 0.163 e. The van der Waals surface area contributed by atoms with Crippen LogP contribution in [0.15, 0.2) is 66.7 Å². The van der Waals surface area contributed by atoms with Crippen molar-refractivity contribution in [2.75, 3.05) is 0 Å². The Morgan fingerprint density at radius 2 is 1.67 bits per heavy atom. The Kier molecular flexibility index (Phi) is 4.97. The third-order valence-corrected chi connectivity index (χ3v) is 5.12. The molecule has 3 nitrogen and oxygen atoms in total. The van der Waals surface area contributed by atoms with Crippen LogP contribution in [0.4, 0.5) is 0 Å². The van der Waals surface area contributed by atoms with Crippen molar-refractivity contribution < 1.29 is 4.79 Å². The van der Waals surface area contributed by atoms with Gasteiger partial charge in [0.1, 0.15) is 5.82 Å². The van der Waals surface area contributed by atoms with Gasteiger partial charge in [-0.15, -0.1) is 0 Å². The second-order valence-electron chi connectivity index (χ2n) is 6.32. The fourth-order valence-electron chi connectivity index (χ4n) is 3.07. The highest BCUT2D eigenvalue weighted by Crippen LogP contribution is 2.33. The molecule has 4 rings (SSSR count). The van der Waals surface area contributed by atoms with Gasteiger partial charge in [-0.25, -0.2) is 4.98 Å². The molecule has 0 amide bonds. The highest BCUT2D eigenvalue weighted by molar-refractivity contribution is 6.39. The normalized spacial score (nSPS) is 11.0. The van der Waals surface area contributed by atoms with Crippen molar-refractivity contribution in [1.29, 1.82) is 0 Å². The summed E-state index contributed by atoms with van der Waals surface area (Å²) in [6, 6.07) is 20.8. The fourth-order valence-corrected chi connectivity index (χ4v) is 3.65. The number of halogens is 2. The van der Waals surface area contributed by atoms with Crippen LogP contribution in [0.5, 0.6) is 0 Å². The molecule has 0 spiro atoms. The van der Waals surface area contributed by atoms with Crippen LogP contribution in [0, 0.1) is 0 Å². The van der Waals surface area contributed by atoms with Crippen molar-refractivity contribution in [3.8, 4) is 11.4 Å². The second-order valence-corrected chi connectivity index (χ2v) is 7.14. The van der Waals surface area contributed by atoms with E-state index in [2.05, 4.69) is 9.97 Å². The molecule has 0 saturated heterocycles. The number of H-pyrrole nitrogens is 1. The predicted octanol–water partition coefficient (Wildman–Crippen LogP) is 6.35. The quantitative estimate of drug-likeness (QED) is 0.400. The Balaban J connectivity index is 1.60. The number of nitrogens with zero attached hydrogens (tertiary/aromatic N) is 1. The van der Waals surface area contributed by atoms with Gasteiger partial charge in [-0.3, -0.25) is 4.79 Å². The van der Waals surface area contributed by atoms with Crippen LogP contribution in [-0.2, 0) is 6.42 Å². The van der Waals surface area contributed by atoms with Crippen molar-refractivity contribution in [2.45, 2.75) is 12.8 Å². The molecule has 0 atom stereocenters. The number of aromatic nitrogens is 2. The number of benzene rings is 3. The molecule has 0 radical (unpaired) electrons. The molecule has 3 aromatic carbocycles. The number of nitrogens with one attached hydrogen (secondary N) is 1. The number of hydrogen-bond donors (Lipinski definition) is 1. The van der Waals surface area contributed by atoms with Gasteiger partial charge >= 0.3 is 0 Å². The van der Waals surface area contributed by atoms with Crippen LogP contribution in [0.3, 0.4) is 0 Å². The maximum absolute atomic E-state index is 12.6. The lowest BCUT2D eigenvalue weighted by atomic mass is 10.0. The third kappa shape index (κ3) is 3.75. The van der Waals surface area contributed by atoms with E-state index in [0.29, 0.717) is 33.4 Å². The van der Waals surface area contributed by atoms with Gasteiger partial charge in [0, 0.05) is 12.0 Å². The van der Waals surface area contributed by atoms with Crippen LogP contribution in [-0.4, -0.2) is 15.8 Å². The largest absolute Gasteiger partial charge is 0.338 e. The molecule has 0 unspecified atom stereocenters. The standard InChI is InChI=1S/C22H16Cl2N2O/c23-16-7-4-8-17(24)21(16)22-25-18-11-10-15(13-19(18)26-22)20(27)12-9-14-5-2-1-3-6-14/h1-8,10-11,13H,9,12H2,(H,25,26). The molecule has 27 heavy (non-hydrogen) atoms. The summed E-state index contributed by atoms with van der Waals surface area (Å²) in [5, 5.41) is 1.06. The SMILES string of the molecule is O=C(CCc1ccccc1)c1ccc2nc(-c3c(Cl)cccc3Cl)[nH]c2c1. The van der Waals surface area contributed by atoms with Gasteiger partial charge in [0.05, 0.1) is 26.6 Å². The average Bonchev–Trinajstić information content (AvgIpc) is 3.09. The number of hydrogen-bond acceptors (Lipinski definition) is 2. The topological polar surface area (TPSA) is 45.8 Å². The van der Waals surface area contributed by atoms with E-state index in [0.717, 1.165) is 23.0 Å². The minimum absolute atomic E-state index is 0.104. The molecular formula is C22H16Cl2N2O. The first-order valence-electron chi connectivity index (χ1n) is 8.63. The van der Waals surface area contributed by atoms with Gasteiger partial charge in [-0.05, 0) is 42.3 Å². The van der Waals surface area contributed by atoms with E-state index in [-0.39, 0.29) is 5.78 Å². The number of carbonyl (C=O) groups is 1. The fraction of sp³-hybridized carbons (Fsp3) is 0.0909. The first kappa shape index (κ1) is 17.8. The zero-order valence-corrected chi connectivity index (χ0v) is 15.9. The number of aryl methyl sites for hydroxylation is 1. The summed E-state index contributed by atoms with van der Waals surface area (Å²) < 4.78 is 0. The summed E-state index contributed by atoms with van der Waals surface area (Å²) in [5.74, 6) is 0.696. The molecule has 1 N–H and O–H groups in total. The average molecular weight is 395 g/mol. The van der Waals surface area contributed by atoms with Crippen molar-refractivity contribution in [3.05, 3.63) is 87.9 Å². The minimum atomic E-state index is 0.104. The molecule has 0 bridgehead atoms. The van der Waals surface area contributed by atoms with Gasteiger partial charge in [-0.2, -0.15) is 0 Å². The smallest absolute Gasteiger partial charge is 0.163 e. The summed E-state index contributed by atoms with van der Waals surface area (Å²) in [7, 11) is 0. The van der Waals surface area contributed by atoms with Gasteiger partial charge in [0.2, 0.25) is 0 Å². The van der Waals surface area contributed by atoms with Gasteiger partial charge in [0.25, 0.3) is 0 Å². The molecule has 134 valence electrons. The Morgan fingerprint density at radius 1 is 0.926 bits per heavy atom. The number of carbonyl (C=O) groups excluding carboxylic acids is 1.